The van der Waals surface area contributed by atoms with Crippen molar-refractivity contribution in [2.45, 2.75) is 6.92 Å². The zero-order valence-corrected chi connectivity index (χ0v) is 15.9. The van der Waals surface area contributed by atoms with E-state index in [1.54, 1.807) is 17.2 Å². The second-order valence-corrected chi connectivity index (χ2v) is 7.08. The van der Waals surface area contributed by atoms with Crippen LogP contribution in [0.4, 0.5) is 5.69 Å². The predicted molar refractivity (Wildman–Crippen MR) is 112 cm³/mol. The molecule has 3 aromatic rings. The first-order valence-corrected chi connectivity index (χ1v) is 9.51. The molecule has 1 N–H and O–H groups in total. The Morgan fingerprint density at radius 3 is 2.39 bits per heavy atom. The third-order valence-corrected chi connectivity index (χ3v) is 5.19. The quantitative estimate of drug-likeness (QED) is 0.766. The van der Waals surface area contributed by atoms with Crippen LogP contribution in [0.3, 0.4) is 0 Å². The Balaban J connectivity index is 1.56. The average Bonchev–Trinajstić information content (AvgIpc) is 2.74. The fraction of sp³-hybridized carbons (Fsp3) is 0.217. The smallest absolute Gasteiger partial charge is 0.261 e. The number of aromatic nitrogens is 1. The number of anilines is 1. The number of aromatic amines is 1. The van der Waals surface area contributed by atoms with Crippen molar-refractivity contribution >= 4 is 11.6 Å². The van der Waals surface area contributed by atoms with E-state index in [0.717, 1.165) is 18.7 Å². The van der Waals surface area contributed by atoms with Crippen molar-refractivity contribution in [2.75, 3.05) is 31.1 Å². The number of piperazine rings is 1. The van der Waals surface area contributed by atoms with E-state index < -0.39 is 0 Å². The summed E-state index contributed by atoms with van der Waals surface area (Å²) in [6.07, 6.45) is 1.59. The Bertz CT molecular complexity index is 1030. The van der Waals surface area contributed by atoms with E-state index in [1.807, 2.05) is 30.3 Å². The zero-order valence-electron chi connectivity index (χ0n) is 15.9. The van der Waals surface area contributed by atoms with Gasteiger partial charge in [0.25, 0.3) is 11.5 Å². The monoisotopic (exact) mass is 373 g/mol. The number of hydrogen-bond donors (Lipinski definition) is 1. The lowest BCUT2D eigenvalue weighted by Gasteiger charge is -2.36. The highest BCUT2D eigenvalue weighted by molar-refractivity contribution is 6.00. The molecule has 1 amide bonds. The molecule has 1 saturated heterocycles. The van der Waals surface area contributed by atoms with Crippen molar-refractivity contribution in [1.29, 1.82) is 0 Å². The van der Waals surface area contributed by atoms with Crippen molar-refractivity contribution in [3.05, 3.63) is 88.3 Å². The number of benzene rings is 2. The van der Waals surface area contributed by atoms with Crippen LogP contribution in [-0.2, 0) is 0 Å². The van der Waals surface area contributed by atoms with Gasteiger partial charge in [-0.2, -0.15) is 0 Å². The lowest BCUT2D eigenvalue weighted by atomic mass is 10.0. The van der Waals surface area contributed by atoms with Crippen LogP contribution in [0.15, 0.2) is 71.7 Å². The molecule has 0 atom stereocenters. The second-order valence-electron chi connectivity index (χ2n) is 7.08. The normalized spacial score (nSPS) is 14.2. The van der Waals surface area contributed by atoms with Gasteiger partial charge in [0.2, 0.25) is 0 Å². The third-order valence-electron chi connectivity index (χ3n) is 5.19. The Morgan fingerprint density at radius 2 is 1.68 bits per heavy atom. The van der Waals surface area contributed by atoms with E-state index in [1.165, 1.54) is 11.3 Å². The summed E-state index contributed by atoms with van der Waals surface area (Å²) in [7, 11) is 0. The van der Waals surface area contributed by atoms with Crippen molar-refractivity contribution in [3.8, 4) is 11.1 Å². The molecular weight excluding hydrogens is 350 g/mol. The van der Waals surface area contributed by atoms with Crippen LogP contribution in [0.2, 0.25) is 0 Å². The molecular formula is C23H23N3O2. The van der Waals surface area contributed by atoms with Gasteiger partial charge in [0.05, 0.1) is 0 Å². The molecule has 1 aliphatic heterocycles. The van der Waals surface area contributed by atoms with E-state index in [4.69, 9.17) is 0 Å². The molecule has 0 radical (unpaired) electrons. The molecule has 5 nitrogen and oxygen atoms in total. The number of hydrogen-bond acceptors (Lipinski definition) is 3. The molecule has 142 valence electrons. The van der Waals surface area contributed by atoms with Crippen molar-refractivity contribution in [1.82, 2.24) is 9.88 Å². The number of carbonyl (C=O) groups is 1. The van der Waals surface area contributed by atoms with Crippen LogP contribution in [0.1, 0.15) is 15.9 Å². The van der Waals surface area contributed by atoms with Gasteiger partial charge in [-0.1, -0.05) is 42.5 Å². The van der Waals surface area contributed by atoms with Crippen LogP contribution < -0.4 is 10.5 Å². The Hall–Kier alpha value is -3.34. The van der Waals surface area contributed by atoms with Crippen molar-refractivity contribution in [3.63, 3.8) is 0 Å². The van der Waals surface area contributed by atoms with Gasteiger partial charge in [0.1, 0.15) is 5.56 Å². The highest BCUT2D eigenvalue weighted by Gasteiger charge is 2.26. The molecule has 0 spiro atoms. The number of nitrogens with zero attached hydrogens (tertiary/aromatic N) is 2. The van der Waals surface area contributed by atoms with Crippen LogP contribution in [0.25, 0.3) is 11.1 Å². The summed E-state index contributed by atoms with van der Waals surface area (Å²) in [5.41, 5.74) is 3.82. The standard InChI is InChI=1S/C23H23N3O2/c1-17-6-5-9-19(16-17)25-12-14-26(15-13-25)23(28)21-20(10-11-24-22(21)27)18-7-3-2-4-8-18/h2-11,16H,12-15H2,1H3,(H,24,27). The van der Waals surface area contributed by atoms with Gasteiger partial charge in [-0.05, 0) is 36.2 Å². The largest absolute Gasteiger partial charge is 0.368 e. The van der Waals surface area contributed by atoms with Crippen molar-refractivity contribution < 1.29 is 4.79 Å². The van der Waals surface area contributed by atoms with Gasteiger partial charge in [0, 0.05) is 43.6 Å². The first-order valence-electron chi connectivity index (χ1n) is 9.51. The van der Waals surface area contributed by atoms with E-state index in [0.29, 0.717) is 18.7 Å². The average molecular weight is 373 g/mol. The molecule has 1 aromatic heterocycles. The van der Waals surface area contributed by atoms with Gasteiger partial charge in [-0.25, -0.2) is 0 Å². The number of aryl methyl sites for hydroxylation is 1. The molecule has 0 saturated carbocycles. The summed E-state index contributed by atoms with van der Waals surface area (Å²) in [5, 5.41) is 0. The number of nitrogens with one attached hydrogen (secondary N) is 1. The van der Waals surface area contributed by atoms with E-state index in [9.17, 15) is 9.59 Å². The third kappa shape index (κ3) is 3.56. The molecule has 1 aliphatic rings. The maximum absolute atomic E-state index is 13.2. The summed E-state index contributed by atoms with van der Waals surface area (Å²) in [5.74, 6) is -0.204. The number of H-pyrrole nitrogens is 1. The highest BCUT2D eigenvalue weighted by Crippen LogP contribution is 2.23. The van der Waals surface area contributed by atoms with Crippen LogP contribution in [0.5, 0.6) is 0 Å². The molecule has 0 bridgehead atoms. The Morgan fingerprint density at radius 1 is 0.929 bits per heavy atom. The minimum absolute atomic E-state index is 0.204. The Labute approximate surface area is 164 Å². The summed E-state index contributed by atoms with van der Waals surface area (Å²) in [6, 6.07) is 19.8. The first kappa shape index (κ1) is 18.0. The van der Waals surface area contributed by atoms with Crippen LogP contribution in [0, 0.1) is 6.92 Å². The fourth-order valence-electron chi connectivity index (χ4n) is 3.70. The zero-order chi connectivity index (χ0) is 19.5. The fourth-order valence-corrected chi connectivity index (χ4v) is 3.70. The van der Waals surface area contributed by atoms with Gasteiger partial charge in [0.15, 0.2) is 0 Å². The predicted octanol–water partition coefficient (Wildman–Crippen LogP) is 3.31. The van der Waals surface area contributed by atoms with Gasteiger partial charge in [-0.15, -0.1) is 0 Å². The van der Waals surface area contributed by atoms with Gasteiger partial charge in [-0.3, -0.25) is 9.59 Å². The van der Waals surface area contributed by atoms with Gasteiger partial charge >= 0.3 is 0 Å². The maximum Gasteiger partial charge on any atom is 0.261 e. The maximum atomic E-state index is 13.2. The molecule has 0 unspecified atom stereocenters. The minimum atomic E-state index is -0.340. The number of carbonyl (C=O) groups excluding carboxylic acids is 1. The molecule has 1 fully saturated rings. The van der Waals surface area contributed by atoms with Crippen LogP contribution in [-0.4, -0.2) is 42.0 Å². The Kier molecular flexibility index (Phi) is 4.98. The first-order chi connectivity index (χ1) is 13.6. The minimum Gasteiger partial charge on any atom is -0.368 e. The SMILES string of the molecule is Cc1cccc(N2CCN(C(=O)c3c(-c4ccccc4)cc[nH]c3=O)CC2)c1. The summed E-state index contributed by atoms with van der Waals surface area (Å²) < 4.78 is 0. The van der Waals surface area contributed by atoms with Gasteiger partial charge < -0.3 is 14.8 Å². The van der Waals surface area contributed by atoms with E-state index >= 15 is 0 Å². The van der Waals surface area contributed by atoms with E-state index in [-0.39, 0.29) is 17.0 Å². The summed E-state index contributed by atoms with van der Waals surface area (Å²) in [4.78, 5) is 32.4. The molecule has 0 aliphatic carbocycles. The molecule has 4 rings (SSSR count). The van der Waals surface area contributed by atoms with Crippen molar-refractivity contribution in [2.24, 2.45) is 0 Å². The second kappa shape index (κ2) is 7.72. The summed E-state index contributed by atoms with van der Waals surface area (Å²) >= 11 is 0. The topological polar surface area (TPSA) is 56.4 Å². The highest BCUT2D eigenvalue weighted by atomic mass is 16.2. The van der Waals surface area contributed by atoms with E-state index in [2.05, 4.69) is 41.1 Å². The molecule has 5 heteroatoms. The van der Waals surface area contributed by atoms with Crippen LogP contribution >= 0.6 is 0 Å². The molecule has 2 aromatic carbocycles. The number of pyridine rings is 1. The number of rotatable bonds is 3. The number of amides is 1. The summed E-state index contributed by atoms with van der Waals surface area (Å²) in [6.45, 7) is 4.77. The lowest BCUT2D eigenvalue weighted by Crippen LogP contribution is -2.49. The molecule has 2 heterocycles. The lowest BCUT2D eigenvalue weighted by molar-refractivity contribution is 0.0746. The molecule has 28 heavy (non-hydrogen) atoms.